The van der Waals surface area contributed by atoms with E-state index in [2.05, 4.69) is 22.0 Å². The molecule has 0 fully saturated rings. The van der Waals surface area contributed by atoms with Gasteiger partial charge in [0.05, 0.1) is 24.9 Å². The molecule has 174 valence electrons. The van der Waals surface area contributed by atoms with E-state index in [1.807, 2.05) is 37.3 Å². The first-order chi connectivity index (χ1) is 16.5. The molecule has 0 amide bonds. The predicted octanol–water partition coefficient (Wildman–Crippen LogP) is 2.74. The molecule has 0 spiro atoms. The summed E-state index contributed by atoms with van der Waals surface area (Å²) in [5.41, 5.74) is 2.52. The topological polar surface area (TPSA) is 116 Å². The second kappa shape index (κ2) is 8.40. The van der Waals surface area contributed by atoms with Gasteiger partial charge in [0, 0.05) is 12.3 Å². The Bertz CT molecular complexity index is 1430. The fraction of sp³-hybridized carbons (Fsp3) is 0.320. The van der Waals surface area contributed by atoms with Gasteiger partial charge in [-0.25, -0.2) is 14.8 Å². The van der Waals surface area contributed by atoms with Gasteiger partial charge in [-0.1, -0.05) is 48.9 Å². The van der Waals surface area contributed by atoms with Crippen molar-refractivity contribution in [3.8, 4) is 5.88 Å². The molecule has 5 rings (SSSR count). The van der Waals surface area contributed by atoms with Crippen LogP contribution in [0.4, 0.5) is 0 Å². The quantitative estimate of drug-likeness (QED) is 0.551. The number of pyridine rings is 1. The SMILES string of the molecule is CCCCc1nc(C)n(Cc2ccc(OC)nc2)c(=O)c1C1(c2noc(=O)[nH]2)C2=CC=C1C=C2. The number of nitrogens with zero attached hydrogens (tertiary/aromatic N) is 4. The van der Waals surface area contributed by atoms with Gasteiger partial charge in [0.2, 0.25) is 5.88 Å². The number of allylic oxidation sites excluding steroid dienone is 6. The summed E-state index contributed by atoms with van der Waals surface area (Å²) in [6, 6.07) is 3.64. The van der Waals surface area contributed by atoms with E-state index in [-0.39, 0.29) is 11.4 Å². The molecular formula is C25H25N5O4. The standard InChI is InChI=1S/C25H25N5O4/c1-4-5-6-19-21(25(23-28-24(32)34-29-23)17-8-9-18(25)11-10-17)22(31)30(15(2)27-19)14-16-7-12-20(33-3)26-13-16/h7-13H,4-6,14H2,1-3H3,(H,28,29,32). The molecule has 0 atom stereocenters. The summed E-state index contributed by atoms with van der Waals surface area (Å²) in [4.78, 5) is 38.1. The molecule has 0 saturated heterocycles. The van der Waals surface area contributed by atoms with Crippen molar-refractivity contribution in [1.82, 2.24) is 24.7 Å². The summed E-state index contributed by atoms with van der Waals surface area (Å²) in [6.45, 7) is 4.23. The van der Waals surface area contributed by atoms with E-state index in [4.69, 9.17) is 14.2 Å². The molecule has 3 heterocycles. The zero-order chi connectivity index (χ0) is 23.9. The van der Waals surface area contributed by atoms with Crippen LogP contribution in [0.25, 0.3) is 0 Å². The molecule has 0 radical (unpaired) electrons. The summed E-state index contributed by atoms with van der Waals surface area (Å²) in [5.74, 6) is 0.737. The van der Waals surface area contributed by atoms with Crippen molar-refractivity contribution in [2.45, 2.75) is 45.1 Å². The van der Waals surface area contributed by atoms with Crippen molar-refractivity contribution in [3.63, 3.8) is 0 Å². The predicted molar refractivity (Wildman–Crippen MR) is 125 cm³/mol. The van der Waals surface area contributed by atoms with Gasteiger partial charge in [0.1, 0.15) is 11.2 Å². The maximum Gasteiger partial charge on any atom is 0.438 e. The number of H-pyrrole nitrogens is 1. The van der Waals surface area contributed by atoms with Gasteiger partial charge in [0.15, 0.2) is 5.82 Å². The lowest BCUT2D eigenvalue weighted by Gasteiger charge is -2.30. The molecule has 9 heteroatoms. The Morgan fingerprint density at radius 1 is 1.18 bits per heavy atom. The van der Waals surface area contributed by atoms with Crippen LogP contribution < -0.4 is 16.1 Å². The monoisotopic (exact) mass is 459 g/mol. The minimum Gasteiger partial charge on any atom is -0.481 e. The Labute approximate surface area is 195 Å². The first-order valence-electron chi connectivity index (χ1n) is 11.3. The number of unbranched alkanes of at least 4 members (excludes halogenated alkanes) is 1. The fourth-order valence-corrected chi connectivity index (χ4v) is 4.82. The smallest absolute Gasteiger partial charge is 0.438 e. The van der Waals surface area contributed by atoms with Gasteiger partial charge in [0.25, 0.3) is 5.56 Å². The van der Waals surface area contributed by atoms with Crippen molar-refractivity contribution in [2.24, 2.45) is 0 Å². The number of hydrogen-bond donors (Lipinski definition) is 1. The second-order valence-corrected chi connectivity index (χ2v) is 8.46. The third-order valence-corrected chi connectivity index (χ3v) is 6.47. The molecule has 34 heavy (non-hydrogen) atoms. The van der Waals surface area contributed by atoms with Gasteiger partial charge in [-0.2, -0.15) is 0 Å². The molecular weight excluding hydrogens is 434 g/mol. The first-order valence-corrected chi connectivity index (χ1v) is 11.3. The molecule has 2 bridgehead atoms. The van der Waals surface area contributed by atoms with Crippen molar-refractivity contribution < 1.29 is 9.26 Å². The zero-order valence-corrected chi connectivity index (χ0v) is 19.3. The van der Waals surface area contributed by atoms with Crippen LogP contribution in [0.2, 0.25) is 0 Å². The summed E-state index contributed by atoms with van der Waals surface area (Å²) in [7, 11) is 1.56. The fourth-order valence-electron chi connectivity index (χ4n) is 4.82. The van der Waals surface area contributed by atoms with Gasteiger partial charge in [-0.15, -0.1) is 0 Å². The summed E-state index contributed by atoms with van der Waals surface area (Å²) in [5, 5.41) is 4.04. The number of fused-ring (bicyclic) bond motifs is 2. The Morgan fingerprint density at radius 2 is 1.94 bits per heavy atom. The number of rotatable bonds is 8. The van der Waals surface area contributed by atoms with Crippen LogP contribution in [-0.2, 0) is 18.4 Å². The lowest BCUT2D eigenvalue weighted by atomic mass is 9.73. The second-order valence-electron chi connectivity index (χ2n) is 8.46. The largest absolute Gasteiger partial charge is 0.481 e. The zero-order valence-electron chi connectivity index (χ0n) is 19.3. The molecule has 0 saturated carbocycles. The highest BCUT2D eigenvalue weighted by Gasteiger charge is 2.52. The molecule has 0 aliphatic heterocycles. The van der Waals surface area contributed by atoms with Crippen LogP contribution in [0.1, 0.15) is 48.2 Å². The van der Waals surface area contributed by atoms with E-state index in [0.29, 0.717) is 35.9 Å². The lowest BCUT2D eigenvalue weighted by molar-refractivity contribution is 0.376. The van der Waals surface area contributed by atoms with Crippen molar-refractivity contribution in [1.29, 1.82) is 0 Å². The van der Waals surface area contributed by atoms with E-state index in [9.17, 15) is 9.59 Å². The molecule has 3 aromatic heterocycles. The van der Waals surface area contributed by atoms with Crippen LogP contribution in [0, 0.1) is 6.92 Å². The Kier molecular flexibility index (Phi) is 5.39. The number of aryl methyl sites for hydroxylation is 2. The number of aromatic nitrogens is 5. The lowest BCUT2D eigenvalue weighted by Crippen LogP contribution is -2.41. The average Bonchev–Trinajstić information content (AvgIpc) is 3.54. The number of methoxy groups -OCH3 is 1. The van der Waals surface area contributed by atoms with E-state index >= 15 is 0 Å². The summed E-state index contributed by atoms with van der Waals surface area (Å²) in [6.07, 6.45) is 11.9. The number of ether oxygens (including phenoxy) is 1. The van der Waals surface area contributed by atoms with E-state index < -0.39 is 11.2 Å². The normalized spacial score (nSPS) is 15.5. The van der Waals surface area contributed by atoms with Crippen LogP contribution in [0.15, 0.2) is 67.9 Å². The van der Waals surface area contributed by atoms with Gasteiger partial charge >= 0.3 is 5.76 Å². The number of hydrogen-bond acceptors (Lipinski definition) is 7. The first kappa shape index (κ1) is 21.8. The highest BCUT2D eigenvalue weighted by Crippen LogP contribution is 2.51. The van der Waals surface area contributed by atoms with Crippen LogP contribution >= 0.6 is 0 Å². The molecule has 1 N–H and O–H groups in total. The summed E-state index contributed by atoms with van der Waals surface area (Å²) >= 11 is 0. The van der Waals surface area contributed by atoms with Crippen LogP contribution in [0.5, 0.6) is 5.88 Å². The highest BCUT2D eigenvalue weighted by atomic mass is 16.5. The maximum absolute atomic E-state index is 14.2. The Hall–Kier alpha value is -4.01. The molecule has 2 aliphatic rings. The maximum atomic E-state index is 14.2. The molecule has 2 aliphatic carbocycles. The van der Waals surface area contributed by atoms with Crippen molar-refractivity contribution >= 4 is 0 Å². The molecule has 0 unspecified atom stereocenters. The Balaban J connectivity index is 1.74. The third-order valence-electron chi connectivity index (χ3n) is 6.47. The molecule has 9 nitrogen and oxygen atoms in total. The number of nitrogens with one attached hydrogen (secondary N) is 1. The Morgan fingerprint density at radius 3 is 2.50 bits per heavy atom. The highest BCUT2D eigenvalue weighted by molar-refractivity contribution is 5.70. The van der Waals surface area contributed by atoms with Crippen molar-refractivity contribution in [2.75, 3.05) is 7.11 Å². The van der Waals surface area contributed by atoms with Gasteiger partial charge < -0.3 is 4.74 Å². The minimum atomic E-state index is -1.05. The minimum absolute atomic E-state index is 0.180. The van der Waals surface area contributed by atoms with Crippen LogP contribution in [0.3, 0.4) is 0 Å². The number of aromatic amines is 1. The van der Waals surface area contributed by atoms with Crippen LogP contribution in [-0.4, -0.2) is 31.8 Å². The van der Waals surface area contributed by atoms with Gasteiger partial charge in [-0.3, -0.25) is 18.9 Å². The van der Waals surface area contributed by atoms with E-state index in [1.54, 1.807) is 23.9 Å². The van der Waals surface area contributed by atoms with E-state index in [1.165, 1.54) is 0 Å². The van der Waals surface area contributed by atoms with Crippen molar-refractivity contribution in [3.05, 3.63) is 103 Å². The summed E-state index contributed by atoms with van der Waals surface area (Å²) < 4.78 is 11.7. The molecule has 0 aromatic carbocycles. The van der Waals surface area contributed by atoms with E-state index in [0.717, 1.165) is 29.6 Å². The third kappa shape index (κ3) is 3.27. The van der Waals surface area contributed by atoms with Gasteiger partial charge in [-0.05, 0) is 36.5 Å². The average molecular weight is 460 g/mol. The molecule has 3 aromatic rings.